The molecule has 13 heteroatoms. The Hall–Kier alpha value is -4.36. The van der Waals surface area contributed by atoms with Crippen LogP contribution in [0.25, 0.3) is 21.9 Å². The number of anilines is 1. The number of hydrogen-bond acceptors (Lipinski definition) is 11. The molecule has 0 radical (unpaired) electrons. The van der Waals surface area contributed by atoms with E-state index in [9.17, 15) is 4.79 Å². The Labute approximate surface area is 310 Å². The number of ether oxygens (including phenoxy) is 5. The quantitative estimate of drug-likeness (QED) is 0.191. The van der Waals surface area contributed by atoms with Crippen LogP contribution in [0.5, 0.6) is 23.5 Å². The lowest BCUT2D eigenvalue weighted by molar-refractivity contribution is -0.105. The fourth-order valence-corrected chi connectivity index (χ4v) is 9.19. The van der Waals surface area contributed by atoms with Crippen LogP contribution in [0.1, 0.15) is 78.6 Å². The van der Waals surface area contributed by atoms with Crippen molar-refractivity contribution >= 4 is 33.8 Å². The van der Waals surface area contributed by atoms with Crippen molar-refractivity contribution in [3.05, 3.63) is 36.4 Å². The molecule has 5 aliphatic rings. The van der Waals surface area contributed by atoms with Crippen LogP contribution in [0, 0.1) is 0 Å². The molecule has 7 heterocycles. The van der Waals surface area contributed by atoms with E-state index in [2.05, 4.69) is 15.9 Å². The summed E-state index contributed by atoms with van der Waals surface area (Å²) in [5, 5.41) is 1.94. The summed E-state index contributed by atoms with van der Waals surface area (Å²) in [6, 6.07) is 12.8. The second-order valence-electron chi connectivity index (χ2n) is 16.5. The van der Waals surface area contributed by atoms with Gasteiger partial charge < -0.3 is 28.6 Å². The van der Waals surface area contributed by atoms with Gasteiger partial charge >= 0.3 is 18.1 Å². The minimum atomic E-state index is -0.558. The minimum absolute atomic E-state index is 0.00379. The molecule has 0 spiro atoms. The van der Waals surface area contributed by atoms with E-state index < -0.39 is 5.60 Å². The van der Waals surface area contributed by atoms with Crippen molar-refractivity contribution in [2.45, 2.75) is 108 Å². The molecule has 0 saturated carbocycles. The van der Waals surface area contributed by atoms with Gasteiger partial charge in [0.05, 0.1) is 24.2 Å². The fraction of sp³-hybridized carbons (Fsp3) is 0.600. The zero-order valence-corrected chi connectivity index (χ0v) is 31.4. The molecule has 5 aliphatic heterocycles. The van der Waals surface area contributed by atoms with Gasteiger partial charge in [0.1, 0.15) is 23.7 Å². The SMILES string of the molecule is Cn1c(Oc2cc(OC3CCCCO3)cc3ccccc23)nc2c(N3CC4CCC(C3)N4C(=O)OC(C)(C)C)nc(OCC34CCCN3CCC4)nc21. The van der Waals surface area contributed by atoms with Crippen LogP contribution in [-0.2, 0) is 16.5 Å². The average Bonchev–Trinajstić information content (AvgIpc) is 3.87. The van der Waals surface area contributed by atoms with Gasteiger partial charge in [0.25, 0.3) is 0 Å². The van der Waals surface area contributed by atoms with E-state index in [0.29, 0.717) is 66.8 Å². The summed E-state index contributed by atoms with van der Waals surface area (Å²) in [6.45, 7) is 10.5. The van der Waals surface area contributed by atoms with Crippen molar-refractivity contribution in [2.24, 2.45) is 7.05 Å². The Morgan fingerprint density at radius 2 is 1.74 bits per heavy atom. The lowest BCUT2D eigenvalue weighted by Gasteiger charge is -2.41. The molecule has 2 aromatic heterocycles. The third-order valence-corrected chi connectivity index (χ3v) is 11.7. The molecule has 3 atom stereocenters. The molecule has 282 valence electrons. The molecule has 0 aliphatic carbocycles. The van der Waals surface area contributed by atoms with Gasteiger partial charge in [-0.05, 0) is 96.7 Å². The molecule has 1 amide bonds. The molecule has 13 nitrogen and oxygen atoms in total. The van der Waals surface area contributed by atoms with E-state index in [0.717, 1.165) is 68.8 Å². The number of fused-ring (bicyclic) bond motifs is 5. The minimum Gasteiger partial charge on any atom is -0.465 e. The van der Waals surface area contributed by atoms with Crippen LogP contribution >= 0.6 is 0 Å². The number of imidazole rings is 1. The van der Waals surface area contributed by atoms with Crippen LogP contribution in [-0.4, -0.2) is 104 Å². The summed E-state index contributed by atoms with van der Waals surface area (Å²) in [6.07, 6.45) is 8.91. The zero-order valence-electron chi connectivity index (χ0n) is 31.4. The number of carbonyl (C=O) groups excluding carboxylic acids is 1. The molecule has 9 rings (SSSR count). The molecule has 0 N–H and O–H groups in total. The molecule has 5 saturated heterocycles. The van der Waals surface area contributed by atoms with Crippen LogP contribution < -0.4 is 19.1 Å². The Bertz CT molecular complexity index is 1980. The monoisotopic (exact) mass is 725 g/mol. The number of carbonyl (C=O) groups is 1. The summed E-state index contributed by atoms with van der Waals surface area (Å²) < 4.78 is 33.2. The highest BCUT2D eigenvalue weighted by molar-refractivity contribution is 5.90. The summed E-state index contributed by atoms with van der Waals surface area (Å²) in [5.41, 5.74) is 0.751. The normalized spacial score (nSPS) is 24.2. The topological polar surface area (TPSA) is 117 Å². The maximum absolute atomic E-state index is 13.3. The van der Waals surface area contributed by atoms with E-state index >= 15 is 0 Å². The Balaban J connectivity index is 1.06. The first-order valence-electron chi connectivity index (χ1n) is 19.5. The van der Waals surface area contributed by atoms with Gasteiger partial charge in [0.2, 0.25) is 0 Å². The summed E-state index contributed by atoms with van der Waals surface area (Å²) in [4.78, 5) is 35.2. The highest BCUT2D eigenvalue weighted by Gasteiger charge is 2.47. The maximum atomic E-state index is 13.3. The number of rotatable bonds is 8. The van der Waals surface area contributed by atoms with Crippen molar-refractivity contribution in [1.29, 1.82) is 0 Å². The highest BCUT2D eigenvalue weighted by Crippen LogP contribution is 2.41. The second-order valence-corrected chi connectivity index (χ2v) is 16.5. The van der Waals surface area contributed by atoms with Crippen LogP contribution in [0.3, 0.4) is 0 Å². The Kier molecular flexibility index (Phi) is 8.76. The van der Waals surface area contributed by atoms with Crippen LogP contribution in [0.15, 0.2) is 36.4 Å². The van der Waals surface area contributed by atoms with Gasteiger partial charge in [-0.1, -0.05) is 24.3 Å². The number of aryl methyl sites for hydroxylation is 1. The average molecular weight is 726 g/mol. The number of nitrogens with zero attached hydrogens (tertiary/aromatic N) is 7. The van der Waals surface area contributed by atoms with E-state index in [1.807, 2.05) is 67.6 Å². The fourth-order valence-electron chi connectivity index (χ4n) is 9.19. The molecular weight excluding hydrogens is 674 g/mol. The van der Waals surface area contributed by atoms with E-state index in [1.165, 1.54) is 12.8 Å². The Morgan fingerprint density at radius 3 is 2.47 bits per heavy atom. The summed E-state index contributed by atoms with van der Waals surface area (Å²) >= 11 is 0. The van der Waals surface area contributed by atoms with Crippen LogP contribution in [0.4, 0.5) is 10.6 Å². The predicted octanol–water partition coefficient (Wildman–Crippen LogP) is 6.81. The largest absolute Gasteiger partial charge is 0.465 e. The number of hydrogen-bond donors (Lipinski definition) is 0. The van der Waals surface area contributed by atoms with E-state index in [-0.39, 0.29) is 30.0 Å². The number of piperazine rings is 1. The van der Waals surface area contributed by atoms with Crippen molar-refractivity contribution in [3.63, 3.8) is 0 Å². The molecule has 4 aromatic rings. The predicted molar refractivity (Wildman–Crippen MR) is 200 cm³/mol. The van der Waals surface area contributed by atoms with Crippen molar-refractivity contribution in [3.8, 4) is 23.5 Å². The van der Waals surface area contributed by atoms with Gasteiger partial charge in [-0.25, -0.2) is 4.79 Å². The molecular formula is C40H51N7O6. The number of amides is 1. The lowest BCUT2D eigenvalue weighted by Crippen LogP contribution is -2.57. The maximum Gasteiger partial charge on any atom is 0.410 e. The van der Waals surface area contributed by atoms with Gasteiger partial charge in [0.15, 0.2) is 23.3 Å². The van der Waals surface area contributed by atoms with Crippen molar-refractivity contribution in [1.82, 2.24) is 29.3 Å². The van der Waals surface area contributed by atoms with Crippen molar-refractivity contribution in [2.75, 3.05) is 44.3 Å². The third-order valence-electron chi connectivity index (χ3n) is 11.7. The highest BCUT2D eigenvalue weighted by atomic mass is 16.7. The van der Waals surface area contributed by atoms with Gasteiger partial charge in [-0.3, -0.25) is 14.4 Å². The number of benzene rings is 2. The molecule has 2 bridgehead atoms. The lowest BCUT2D eigenvalue weighted by atomic mass is 9.95. The summed E-state index contributed by atoms with van der Waals surface area (Å²) in [7, 11) is 1.92. The van der Waals surface area contributed by atoms with Gasteiger partial charge in [-0.2, -0.15) is 15.0 Å². The summed E-state index contributed by atoms with van der Waals surface area (Å²) in [5.74, 6) is 2.01. The number of aromatic nitrogens is 4. The molecule has 53 heavy (non-hydrogen) atoms. The molecule has 5 fully saturated rings. The first kappa shape index (κ1) is 34.4. The first-order valence-corrected chi connectivity index (χ1v) is 19.5. The van der Waals surface area contributed by atoms with E-state index in [4.69, 9.17) is 38.6 Å². The third kappa shape index (κ3) is 6.60. The smallest absolute Gasteiger partial charge is 0.410 e. The first-order chi connectivity index (χ1) is 25.6. The Morgan fingerprint density at radius 1 is 0.962 bits per heavy atom. The van der Waals surface area contributed by atoms with Gasteiger partial charge in [-0.15, -0.1) is 0 Å². The van der Waals surface area contributed by atoms with Gasteiger partial charge in [0, 0.05) is 38.0 Å². The molecule has 3 unspecified atom stereocenters. The van der Waals surface area contributed by atoms with Crippen LogP contribution in [0.2, 0.25) is 0 Å². The van der Waals surface area contributed by atoms with Crippen molar-refractivity contribution < 1.29 is 28.5 Å². The molecule has 2 aromatic carbocycles. The zero-order chi connectivity index (χ0) is 36.3. The second kappa shape index (κ2) is 13.5. The van der Waals surface area contributed by atoms with E-state index in [1.54, 1.807) is 0 Å². The standard InChI is InChI=1S/C40H51N7O6/c1-39(2,3)53-38(48)47-27-14-15-28(47)24-45(23-27)35-33-34(42-36(43-35)50-25-40-16-9-18-46(40)19-10-17-40)44(4)37(41-33)52-31-22-29(51-32-13-7-8-20-49-32)21-26-11-5-6-12-30(26)31/h5-6,11-12,21-22,27-28,32H,7-10,13-20,23-25H2,1-4H3.